The van der Waals surface area contributed by atoms with Crippen LogP contribution in [-0.4, -0.2) is 15.0 Å². The minimum Gasteiger partial charge on any atom is -0.326 e. The predicted octanol–water partition coefficient (Wildman–Crippen LogP) is 1.53. The first-order chi connectivity index (χ1) is 7.26. The lowest BCUT2D eigenvalue weighted by molar-refractivity contribution is 0.407. The number of thiophene rings is 1. The zero-order valence-corrected chi connectivity index (χ0v) is 11.4. The van der Waals surface area contributed by atoms with Crippen molar-refractivity contribution < 1.29 is 8.42 Å². The van der Waals surface area contributed by atoms with Crippen LogP contribution in [0.25, 0.3) is 0 Å². The molecule has 92 valence electrons. The average molecular weight is 262 g/mol. The molecular formula is C10H18N2O2S2. The molecule has 0 radical (unpaired) electrons. The van der Waals surface area contributed by atoms with Crippen LogP contribution >= 0.6 is 11.3 Å². The van der Waals surface area contributed by atoms with Gasteiger partial charge in [0.15, 0.2) is 0 Å². The van der Waals surface area contributed by atoms with Crippen LogP contribution in [-0.2, 0) is 16.6 Å². The Labute approximate surface area is 101 Å². The van der Waals surface area contributed by atoms with Gasteiger partial charge in [0.25, 0.3) is 0 Å². The monoisotopic (exact) mass is 262 g/mol. The van der Waals surface area contributed by atoms with Crippen LogP contribution in [0.5, 0.6) is 0 Å². The quantitative estimate of drug-likeness (QED) is 0.864. The topological polar surface area (TPSA) is 72.2 Å². The van der Waals surface area contributed by atoms with E-state index >= 15 is 0 Å². The summed E-state index contributed by atoms with van der Waals surface area (Å²) in [5, 5.41) is 1.74. The molecule has 4 nitrogen and oxygen atoms in total. The maximum Gasteiger partial charge on any atom is 0.241 e. The van der Waals surface area contributed by atoms with Gasteiger partial charge in [-0.3, -0.25) is 0 Å². The molecule has 3 N–H and O–H groups in total. The van der Waals surface area contributed by atoms with E-state index in [1.165, 1.54) is 11.3 Å². The molecule has 0 aliphatic rings. The molecule has 1 aromatic heterocycles. The van der Waals surface area contributed by atoms with Gasteiger partial charge >= 0.3 is 0 Å². The van der Waals surface area contributed by atoms with Crippen molar-refractivity contribution >= 4 is 21.4 Å². The number of nitrogens with two attached hydrogens (primary N) is 1. The van der Waals surface area contributed by atoms with Crippen LogP contribution in [0, 0.1) is 5.41 Å². The van der Waals surface area contributed by atoms with Crippen molar-refractivity contribution in [3.8, 4) is 0 Å². The molecule has 6 heteroatoms. The molecular weight excluding hydrogens is 244 g/mol. The van der Waals surface area contributed by atoms with Gasteiger partial charge in [-0.25, -0.2) is 13.1 Å². The van der Waals surface area contributed by atoms with E-state index in [4.69, 9.17) is 5.73 Å². The van der Waals surface area contributed by atoms with E-state index in [-0.39, 0.29) is 12.0 Å². The van der Waals surface area contributed by atoms with Crippen LogP contribution < -0.4 is 10.5 Å². The molecule has 0 aliphatic heterocycles. The number of sulfonamides is 1. The first-order valence-corrected chi connectivity index (χ1v) is 7.39. The molecule has 1 heterocycles. The standard InChI is InChI=1S/C10H18N2O2S2/c1-10(2,3)7-12-16(13,14)9-4-5-15-8(9)6-11/h4-5,12H,6-7,11H2,1-3H3. The first kappa shape index (κ1) is 13.6. The summed E-state index contributed by atoms with van der Waals surface area (Å²) in [4.78, 5) is 1.01. The van der Waals surface area contributed by atoms with Crippen LogP contribution in [0.15, 0.2) is 16.3 Å². The highest BCUT2D eigenvalue weighted by Crippen LogP contribution is 2.22. The summed E-state index contributed by atoms with van der Waals surface area (Å²) >= 11 is 1.37. The maximum atomic E-state index is 12.0. The SMILES string of the molecule is CC(C)(C)CNS(=O)(=O)c1ccsc1CN. The van der Waals surface area contributed by atoms with E-state index in [1.807, 2.05) is 20.8 Å². The largest absolute Gasteiger partial charge is 0.326 e. The zero-order chi connectivity index (χ0) is 12.4. The van der Waals surface area contributed by atoms with Crippen molar-refractivity contribution in [1.29, 1.82) is 0 Å². The Hall–Kier alpha value is -0.430. The lowest BCUT2D eigenvalue weighted by Crippen LogP contribution is -2.32. The van der Waals surface area contributed by atoms with Gasteiger partial charge in [0.1, 0.15) is 0 Å². The second kappa shape index (κ2) is 4.83. The second-order valence-corrected chi connectivity index (χ2v) is 7.53. The van der Waals surface area contributed by atoms with Gasteiger partial charge in [0, 0.05) is 18.0 Å². The summed E-state index contributed by atoms with van der Waals surface area (Å²) in [5.74, 6) is 0. The summed E-state index contributed by atoms with van der Waals surface area (Å²) in [7, 11) is -3.41. The van der Waals surface area contributed by atoms with Crippen molar-refractivity contribution in [2.75, 3.05) is 6.54 Å². The fourth-order valence-electron chi connectivity index (χ4n) is 1.11. The normalized spacial score (nSPS) is 13.0. The molecule has 0 aliphatic carbocycles. The molecule has 0 spiro atoms. The highest BCUT2D eigenvalue weighted by Gasteiger charge is 2.21. The summed E-state index contributed by atoms with van der Waals surface area (Å²) in [6.45, 7) is 6.60. The van der Waals surface area contributed by atoms with E-state index < -0.39 is 10.0 Å². The Balaban J connectivity index is 2.87. The minimum atomic E-state index is -3.41. The minimum absolute atomic E-state index is 0.0774. The van der Waals surface area contributed by atoms with Crippen molar-refractivity contribution in [2.24, 2.45) is 11.1 Å². The first-order valence-electron chi connectivity index (χ1n) is 5.02. The molecule has 0 fully saturated rings. The summed E-state index contributed by atoms with van der Waals surface area (Å²) < 4.78 is 26.5. The van der Waals surface area contributed by atoms with Gasteiger partial charge in [0.2, 0.25) is 10.0 Å². The molecule has 0 unspecified atom stereocenters. The molecule has 16 heavy (non-hydrogen) atoms. The molecule has 0 atom stereocenters. The fourth-order valence-corrected chi connectivity index (χ4v) is 3.72. The van der Waals surface area contributed by atoms with Crippen molar-refractivity contribution in [3.05, 3.63) is 16.3 Å². The van der Waals surface area contributed by atoms with E-state index in [2.05, 4.69) is 4.72 Å². The third kappa shape index (κ3) is 3.55. The Morgan fingerprint density at radius 1 is 1.44 bits per heavy atom. The van der Waals surface area contributed by atoms with Crippen molar-refractivity contribution in [2.45, 2.75) is 32.2 Å². The average Bonchev–Trinajstić information content (AvgIpc) is 2.62. The van der Waals surface area contributed by atoms with Crippen molar-refractivity contribution in [3.63, 3.8) is 0 Å². The lowest BCUT2D eigenvalue weighted by atomic mass is 9.98. The maximum absolute atomic E-state index is 12.0. The lowest BCUT2D eigenvalue weighted by Gasteiger charge is -2.18. The van der Waals surface area contributed by atoms with Gasteiger partial charge in [-0.1, -0.05) is 20.8 Å². The third-order valence-electron chi connectivity index (χ3n) is 1.97. The fraction of sp³-hybridized carbons (Fsp3) is 0.600. The molecule has 1 rings (SSSR count). The van der Waals surface area contributed by atoms with Crippen LogP contribution in [0.1, 0.15) is 25.6 Å². The van der Waals surface area contributed by atoms with Gasteiger partial charge < -0.3 is 5.73 Å². The molecule has 0 amide bonds. The van der Waals surface area contributed by atoms with Gasteiger partial charge in [-0.05, 0) is 16.9 Å². The van der Waals surface area contributed by atoms with Gasteiger partial charge in [-0.15, -0.1) is 11.3 Å². The number of nitrogens with one attached hydrogen (secondary N) is 1. The van der Waals surface area contributed by atoms with Crippen LogP contribution in [0.3, 0.4) is 0 Å². The number of hydrogen-bond acceptors (Lipinski definition) is 4. The van der Waals surface area contributed by atoms with Crippen LogP contribution in [0.4, 0.5) is 0 Å². The zero-order valence-electron chi connectivity index (χ0n) is 9.78. The van der Waals surface area contributed by atoms with E-state index in [0.29, 0.717) is 16.3 Å². The highest BCUT2D eigenvalue weighted by atomic mass is 32.2. The molecule has 0 saturated heterocycles. The van der Waals surface area contributed by atoms with Gasteiger partial charge in [-0.2, -0.15) is 0 Å². The molecule has 0 bridgehead atoms. The molecule has 1 aromatic rings. The second-order valence-electron chi connectivity index (χ2n) is 4.80. The Kier molecular flexibility index (Phi) is 4.12. The van der Waals surface area contributed by atoms with Gasteiger partial charge in [0.05, 0.1) is 4.90 Å². The Morgan fingerprint density at radius 2 is 2.06 bits per heavy atom. The Bertz CT molecular complexity index is 444. The predicted molar refractivity (Wildman–Crippen MR) is 66.9 cm³/mol. The smallest absolute Gasteiger partial charge is 0.241 e. The van der Waals surface area contributed by atoms with E-state index in [1.54, 1.807) is 11.4 Å². The number of hydrogen-bond donors (Lipinski definition) is 2. The summed E-state index contributed by atoms with van der Waals surface area (Å²) in [6, 6.07) is 1.60. The van der Waals surface area contributed by atoms with Crippen molar-refractivity contribution in [1.82, 2.24) is 4.72 Å². The summed E-state index contributed by atoms with van der Waals surface area (Å²) in [6.07, 6.45) is 0. The Morgan fingerprint density at radius 3 is 2.56 bits per heavy atom. The van der Waals surface area contributed by atoms with E-state index in [9.17, 15) is 8.42 Å². The highest BCUT2D eigenvalue weighted by molar-refractivity contribution is 7.89. The molecule has 0 saturated carbocycles. The van der Waals surface area contributed by atoms with Crippen LogP contribution in [0.2, 0.25) is 0 Å². The van der Waals surface area contributed by atoms with E-state index in [0.717, 1.165) is 0 Å². The number of rotatable bonds is 4. The molecule has 0 aromatic carbocycles. The summed E-state index contributed by atoms with van der Waals surface area (Å²) in [5.41, 5.74) is 5.41. The third-order valence-corrected chi connectivity index (χ3v) is 4.53.